The molecule has 0 bridgehead atoms. The van der Waals surface area contributed by atoms with Crippen LogP contribution in [0.4, 0.5) is 0 Å². The largest absolute Gasteiger partial charge is 0.459 e. The number of hydrogen-bond donors (Lipinski definition) is 1. The second-order valence-corrected chi connectivity index (χ2v) is 10.1. The van der Waals surface area contributed by atoms with Crippen molar-refractivity contribution in [2.75, 3.05) is 39.4 Å². The monoisotopic (exact) mass is 576 g/mol. The van der Waals surface area contributed by atoms with E-state index in [1.54, 1.807) is 0 Å². The number of amides is 1. The highest BCUT2D eigenvalue weighted by Crippen LogP contribution is 2.32. The molecule has 6 nitrogen and oxygen atoms in total. The molecule has 2 aromatic carbocycles. The van der Waals surface area contributed by atoms with Gasteiger partial charge < -0.3 is 19.5 Å². The van der Waals surface area contributed by atoms with Gasteiger partial charge in [0.15, 0.2) is 5.76 Å². The highest BCUT2D eigenvalue weighted by Gasteiger charge is 2.32. The highest BCUT2D eigenvalue weighted by molar-refractivity contribution is 14.1. The van der Waals surface area contributed by atoms with Gasteiger partial charge in [-0.05, 0) is 64.8 Å². The van der Waals surface area contributed by atoms with Crippen molar-refractivity contribution in [2.24, 2.45) is 0 Å². The Morgan fingerprint density at radius 2 is 1.76 bits per heavy atom. The number of aliphatic hydroxyl groups is 1. The van der Waals surface area contributed by atoms with Crippen LogP contribution in [0, 0.1) is 3.57 Å². The summed E-state index contributed by atoms with van der Waals surface area (Å²) in [5, 5.41) is 9.03. The zero-order valence-corrected chi connectivity index (χ0v) is 21.6. The molecule has 2 aromatic rings. The maximum absolute atomic E-state index is 13.4. The summed E-state index contributed by atoms with van der Waals surface area (Å²) in [6, 6.07) is 18.8. The molecular weight excluding hydrogens is 543 g/mol. The number of carbonyl (C=O) groups excluding carboxylic acids is 1. The molecule has 0 aromatic heterocycles. The van der Waals surface area contributed by atoms with Crippen LogP contribution in [0.1, 0.15) is 36.3 Å². The Bertz CT molecular complexity index is 943. The van der Waals surface area contributed by atoms with Gasteiger partial charge in [0, 0.05) is 55.2 Å². The van der Waals surface area contributed by atoms with E-state index in [1.807, 2.05) is 17.0 Å². The van der Waals surface area contributed by atoms with Crippen molar-refractivity contribution >= 4 is 28.5 Å². The Morgan fingerprint density at radius 3 is 2.47 bits per heavy atom. The second kappa shape index (κ2) is 12.7. The lowest BCUT2D eigenvalue weighted by Crippen LogP contribution is -2.49. The first kappa shape index (κ1) is 25.2. The maximum Gasteiger partial charge on any atom is 0.288 e. The van der Waals surface area contributed by atoms with E-state index in [0.29, 0.717) is 38.3 Å². The molecule has 2 atom stereocenters. The van der Waals surface area contributed by atoms with Crippen LogP contribution in [-0.4, -0.2) is 66.5 Å². The Kier molecular flexibility index (Phi) is 9.38. The molecule has 0 radical (unpaired) electrons. The molecule has 1 amide bonds. The average Bonchev–Trinajstić information content (AvgIpc) is 2.87. The van der Waals surface area contributed by atoms with Crippen molar-refractivity contribution in [1.29, 1.82) is 0 Å². The molecule has 2 aliphatic rings. The Labute approximate surface area is 215 Å². The number of carbonyl (C=O) groups is 1. The SMILES string of the molecule is O=C(C1=C[C@@H](c2ccc(I)cc2)C[C@@H](OCCCCO)O1)N1CCN(Cc2ccccc2)CC1. The predicted molar refractivity (Wildman–Crippen MR) is 140 cm³/mol. The molecule has 0 saturated carbocycles. The Morgan fingerprint density at radius 1 is 1.03 bits per heavy atom. The minimum Gasteiger partial charge on any atom is -0.459 e. The summed E-state index contributed by atoms with van der Waals surface area (Å²) in [4.78, 5) is 17.7. The second-order valence-electron chi connectivity index (χ2n) is 8.83. The highest BCUT2D eigenvalue weighted by atomic mass is 127. The zero-order chi connectivity index (χ0) is 23.8. The lowest BCUT2D eigenvalue weighted by molar-refractivity contribution is -0.154. The first-order chi connectivity index (χ1) is 16.6. The Hall–Kier alpha value is -1.94. The number of nitrogens with zero attached hydrogens (tertiary/aromatic N) is 2. The minimum absolute atomic E-state index is 0.0569. The van der Waals surface area contributed by atoms with Crippen molar-refractivity contribution in [3.63, 3.8) is 0 Å². The number of ether oxygens (including phenoxy) is 2. The molecule has 0 unspecified atom stereocenters. The fraction of sp³-hybridized carbons (Fsp3) is 0.444. The number of aliphatic hydroxyl groups excluding tert-OH is 1. The molecule has 4 rings (SSSR count). The number of allylic oxidation sites excluding steroid dienone is 1. The maximum atomic E-state index is 13.4. The summed E-state index contributed by atoms with van der Waals surface area (Å²) in [7, 11) is 0. The first-order valence-corrected chi connectivity index (χ1v) is 13.1. The quantitative estimate of drug-likeness (QED) is 0.360. The Balaban J connectivity index is 1.40. The number of benzene rings is 2. The molecule has 0 spiro atoms. The van der Waals surface area contributed by atoms with E-state index in [1.165, 1.54) is 9.13 Å². The summed E-state index contributed by atoms with van der Waals surface area (Å²) in [5.74, 6) is 0.393. The summed E-state index contributed by atoms with van der Waals surface area (Å²) in [6.07, 6.45) is 3.63. The summed E-state index contributed by atoms with van der Waals surface area (Å²) < 4.78 is 13.2. The number of hydrogen-bond acceptors (Lipinski definition) is 5. The number of halogens is 1. The van der Waals surface area contributed by atoms with E-state index < -0.39 is 6.29 Å². The molecule has 34 heavy (non-hydrogen) atoms. The van der Waals surface area contributed by atoms with Crippen molar-refractivity contribution in [3.05, 3.63) is 81.1 Å². The predicted octanol–water partition coefficient (Wildman–Crippen LogP) is 4.14. The lowest BCUT2D eigenvalue weighted by atomic mass is 9.93. The van der Waals surface area contributed by atoms with Crippen LogP contribution in [0.5, 0.6) is 0 Å². The lowest BCUT2D eigenvalue weighted by Gasteiger charge is -2.36. The molecule has 1 fully saturated rings. The third-order valence-electron chi connectivity index (χ3n) is 6.33. The summed E-state index contributed by atoms with van der Waals surface area (Å²) in [5.41, 5.74) is 2.45. The average molecular weight is 576 g/mol. The number of unbranched alkanes of at least 4 members (excludes halogenated alkanes) is 1. The van der Waals surface area contributed by atoms with E-state index in [-0.39, 0.29) is 18.4 Å². The molecule has 0 aliphatic carbocycles. The van der Waals surface area contributed by atoms with Gasteiger partial charge in [-0.25, -0.2) is 0 Å². The molecule has 7 heteroatoms. The van der Waals surface area contributed by atoms with Crippen LogP contribution in [0.15, 0.2) is 66.4 Å². The van der Waals surface area contributed by atoms with Crippen molar-refractivity contribution in [2.45, 2.75) is 38.0 Å². The topological polar surface area (TPSA) is 62.2 Å². The van der Waals surface area contributed by atoms with E-state index in [0.717, 1.165) is 31.6 Å². The van der Waals surface area contributed by atoms with Crippen molar-refractivity contribution < 1.29 is 19.4 Å². The minimum atomic E-state index is -0.466. The number of piperazine rings is 1. The van der Waals surface area contributed by atoms with Gasteiger partial charge >= 0.3 is 0 Å². The third-order valence-corrected chi connectivity index (χ3v) is 7.05. The smallest absolute Gasteiger partial charge is 0.288 e. The van der Waals surface area contributed by atoms with Gasteiger partial charge in [-0.2, -0.15) is 0 Å². The van der Waals surface area contributed by atoms with Gasteiger partial charge in [0.05, 0.1) is 6.61 Å². The van der Waals surface area contributed by atoms with E-state index in [9.17, 15) is 4.79 Å². The number of rotatable bonds is 9. The van der Waals surface area contributed by atoms with Gasteiger partial charge in [0.2, 0.25) is 6.29 Å². The van der Waals surface area contributed by atoms with Crippen LogP contribution in [0.2, 0.25) is 0 Å². The zero-order valence-electron chi connectivity index (χ0n) is 19.4. The van der Waals surface area contributed by atoms with Crippen molar-refractivity contribution in [1.82, 2.24) is 9.80 Å². The van der Waals surface area contributed by atoms with Crippen LogP contribution < -0.4 is 0 Å². The summed E-state index contributed by atoms with van der Waals surface area (Å²) in [6.45, 7) is 4.61. The fourth-order valence-electron chi connectivity index (χ4n) is 4.39. The van der Waals surface area contributed by atoms with Crippen LogP contribution >= 0.6 is 22.6 Å². The van der Waals surface area contributed by atoms with Crippen LogP contribution in [0.25, 0.3) is 0 Å². The molecule has 1 saturated heterocycles. The third kappa shape index (κ3) is 7.04. The van der Waals surface area contributed by atoms with Gasteiger partial charge in [0.1, 0.15) is 0 Å². The molecule has 2 heterocycles. The van der Waals surface area contributed by atoms with Crippen molar-refractivity contribution in [3.8, 4) is 0 Å². The van der Waals surface area contributed by atoms with Gasteiger partial charge in [-0.1, -0.05) is 42.5 Å². The van der Waals surface area contributed by atoms with Crippen LogP contribution in [0.3, 0.4) is 0 Å². The van der Waals surface area contributed by atoms with Gasteiger partial charge in [-0.15, -0.1) is 0 Å². The first-order valence-electron chi connectivity index (χ1n) is 12.0. The fourth-order valence-corrected chi connectivity index (χ4v) is 4.75. The normalized spacial score (nSPS) is 21.1. The molecule has 1 N–H and O–H groups in total. The van der Waals surface area contributed by atoms with Gasteiger partial charge in [0.25, 0.3) is 5.91 Å². The molecular formula is C27H33IN2O4. The van der Waals surface area contributed by atoms with Crippen LogP contribution in [-0.2, 0) is 20.8 Å². The van der Waals surface area contributed by atoms with Gasteiger partial charge in [-0.3, -0.25) is 9.69 Å². The molecule has 2 aliphatic heterocycles. The van der Waals surface area contributed by atoms with E-state index >= 15 is 0 Å². The summed E-state index contributed by atoms with van der Waals surface area (Å²) >= 11 is 2.30. The van der Waals surface area contributed by atoms with E-state index in [2.05, 4.69) is 76.0 Å². The van der Waals surface area contributed by atoms with E-state index in [4.69, 9.17) is 14.6 Å². The molecule has 182 valence electrons. The standard InChI is InChI=1S/C27H33IN2O4/c28-24-10-8-22(9-11-24)23-18-25(34-26(19-23)33-17-5-4-16-31)27(32)30-14-12-29(13-15-30)20-21-6-2-1-3-7-21/h1-3,6-11,18,23,26,31H,4-5,12-17,19-20H2/t23-,26+/m1/s1.